The van der Waals surface area contributed by atoms with Gasteiger partial charge in [-0.05, 0) is 19.4 Å². The first-order valence-corrected chi connectivity index (χ1v) is 6.82. The molecule has 0 radical (unpaired) electrons. The van der Waals surface area contributed by atoms with Crippen LogP contribution in [0.2, 0.25) is 0 Å². The van der Waals surface area contributed by atoms with E-state index in [-0.39, 0.29) is 36.4 Å². The van der Waals surface area contributed by atoms with E-state index in [0.29, 0.717) is 0 Å². The first-order chi connectivity index (χ1) is 9.61. The molecule has 110 valence electrons. The Kier molecular flexibility index (Phi) is 4.86. The molecule has 0 aromatic carbocycles. The van der Waals surface area contributed by atoms with Gasteiger partial charge in [0, 0.05) is 12.1 Å². The lowest BCUT2D eigenvalue weighted by Crippen LogP contribution is -2.41. The van der Waals surface area contributed by atoms with Crippen LogP contribution in [0.15, 0.2) is 12.3 Å². The van der Waals surface area contributed by atoms with Gasteiger partial charge in [0.05, 0.1) is 30.0 Å². The first kappa shape index (κ1) is 14.7. The lowest BCUT2D eigenvalue weighted by atomic mass is 10.1. The molecule has 1 fully saturated rings. The summed E-state index contributed by atoms with van der Waals surface area (Å²) >= 11 is 0. The Hall–Kier alpha value is -1.73. The van der Waals surface area contributed by atoms with Crippen LogP contribution < -0.4 is 0 Å². The van der Waals surface area contributed by atoms with Gasteiger partial charge in [-0.1, -0.05) is 12.8 Å². The van der Waals surface area contributed by atoms with Crippen molar-refractivity contribution in [3.05, 3.63) is 28.1 Å². The Bertz CT molecular complexity index is 486. The van der Waals surface area contributed by atoms with Gasteiger partial charge in [0.15, 0.2) is 5.78 Å². The molecule has 0 bridgehead atoms. The van der Waals surface area contributed by atoms with E-state index in [4.69, 9.17) is 0 Å². The van der Waals surface area contributed by atoms with Crippen molar-refractivity contribution in [2.75, 3.05) is 19.7 Å². The van der Waals surface area contributed by atoms with Gasteiger partial charge in [-0.3, -0.25) is 19.8 Å². The lowest BCUT2D eigenvalue weighted by molar-refractivity contribution is -0.384. The number of H-pyrrole nitrogens is 1. The fraction of sp³-hybridized carbons (Fsp3) is 0.615. The monoisotopic (exact) mass is 281 g/mol. The second-order valence-corrected chi connectivity index (χ2v) is 5.11. The van der Waals surface area contributed by atoms with Gasteiger partial charge < -0.3 is 10.1 Å². The highest BCUT2D eigenvalue weighted by Crippen LogP contribution is 2.18. The summed E-state index contributed by atoms with van der Waals surface area (Å²) in [6.45, 7) is 1.00. The van der Waals surface area contributed by atoms with Crippen LogP contribution in [0, 0.1) is 10.1 Å². The Labute approximate surface area is 116 Å². The van der Waals surface area contributed by atoms with Crippen LogP contribution in [0.4, 0.5) is 5.69 Å². The van der Waals surface area contributed by atoms with E-state index in [1.165, 1.54) is 12.3 Å². The second kappa shape index (κ2) is 6.62. The largest absolute Gasteiger partial charge is 0.395 e. The average molecular weight is 281 g/mol. The van der Waals surface area contributed by atoms with E-state index in [1.807, 2.05) is 4.90 Å². The minimum atomic E-state index is -0.532. The normalized spacial score (nSPS) is 20.6. The van der Waals surface area contributed by atoms with Gasteiger partial charge in [-0.25, -0.2) is 0 Å². The minimum Gasteiger partial charge on any atom is -0.395 e. The van der Waals surface area contributed by atoms with Crippen LogP contribution in [0.5, 0.6) is 0 Å². The van der Waals surface area contributed by atoms with Gasteiger partial charge in [-0.15, -0.1) is 0 Å². The van der Waals surface area contributed by atoms with E-state index in [2.05, 4.69) is 4.98 Å². The number of nitrogens with one attached hydrogen (secondary N) is 1. The molecule has 1 aromatic rings. The molecule has 7 nitrogen and oxygen atoms in total. The molecule has 0 amide bonds. The van der Waals surface area contributed by atoms with Gasteiger partial charge in [0.2, 0.25) is 0 Å². The van der Waals surface area contributed by atoms with Gasteiger partial charge in [-0.2, -0.15) is 0 Å². The number of Topliss-reactive ketones (excluding diaryl/α,β-unsaturated/α-hetero) is 1. The van der Waals surface area contributed by atoms with E-state index < -0.39 is 4.92 Å². The van der Waals surface area contributed by atoms with Crippen molar-refractivity contribution in [2.24, 2.45) is 0 Å². The maximum absolute atomic E-state index is 12.1. The number of carbonyl (C=O) groups is 1. The van der Waals surface area contributed by atoms with E-state index in [0.717, 1.165) is 32.2 Å². The highest BCUT2D eigenvalue weighted by Gasteiger charge is 2.24. The maximum atomic E-state index is 12.1. The number of aliphatic hydroxyl groups excluding tert-OH is 1. The van der Waals surface area contributed by atoms with Crippen LogP contribution in [-0.4, -0.2) is 51.4 Å². The zero-order valence-electron chi connectivity index (χ0n) is 11.2. The van der Waals surface area contributed by atoms with Gasteiger partial charge >= 0.3 is 0 Å². The summed E-state index contributed by atoms with van der Waals surface area (Å²) < 4.78 is 0. The zero-order chi connectivity index (χ0) is 14.5. The highest BCUT2D eigenvalue weighted by molar-refractivity contribution is 5.96. The van der Waals surface area contributed by atoms with Crippen LogP contribution >= 0.6 is 0 Å². The number of carbonyl (C=O) groups excluding carboxylic acids is 1. The number of hydrogen-bond acceptors (Lipinski definition) is 5. The number of hydrogen-bond donors (Lipinski definition) is 2. The molecule has 0 aliphatic carbocycles. The molecule has 1 saturated heterocycles. The molecule has 20 heavy (non-hydrogen) atoms. The van der Waals surface area contributed by atoms with Crippen molar-refractivity contribution in [2.45, 2.75) is 31.7 Å². The van der Waals surface area contributed by atoms with Crippen LogP contribution in [0.3, 0.4) is 0 Å². The molecular formula is C13H19N3O4. The third-order valence-electron chi connectivity index (χ3n) is 3.74. The standard InChI is InChI=1S/C13H19N3O4/c17-9-10-4-2-1-3-5-15(10)8-13(18)12-6-11(7-14-12)16(19)20/h6-7,10,14,17H,1-5,8-9H2. The molecule has 2 heterocycles. The molecule has 1 aliphatic heterocycles. The summed E-state index contributed by atoms with van der Waals surface area (Å²) in [7, 11) is 0. The van der Waals surface area contributed by atoms with Crippen molar-refractivity contribution < 1.29 is 14.8 Å². The van der Waals surface area contributed by atoms with Crippen molar-refractivity contribution >= 4 is 11.5 Å². The molecule has 1 unspecified atom stereocenters. The number of nitro groups is 1. The molecule has 1 aliphatic rings. The number of aromatic amines is 1. The zero-order valence-corrected chi connectivity index (χ0v) is 11.2. The van der Waals surface area contributed by atoms with Crippen LogP contribution in [0.25, 0.3) is 0 Å². The average Bonchev–Trinajstić information content (AvgIpc) is 2.82. The Morgan fingerprint density at radius 3 is 2.95 bits per heavy atom. The number of likely N-dealkylation sites (tertiary alicyclic amines) is 1. The third-order valence-corrected chi connectivity index (χ3v) is 3.74. The number of nitrogens with zero attached hydrogens (tertiary/aromatic N) is 2. The molecule has 1 atom stereocenters. The van der Waals surface area contributed by atoms with Gasteiger partial charge in [0.25, 0.3) is 5.69 Å². The number of aliphatic hydroxyl groups is 1. The quantitative estimate of drug-likeness (QED) is 0.482. The number of rotatable bonds is 5. The molecule has 1 aromatic heterocycles. The topological polar surface area (TPSA) is 99.5 Å². The summed E-state index contributed by atoms with van der Waals surface area (Å²) in [6.07, 6.45) is 5.28. The van der Waals surface area contributed by atoms with E-state index in [9.17, 15) is 20.0 Å². The smallest absolute Gasteiger partial charge is 0.287 e. The van der Waals surface area contributed by atoms with Crippen molar-refractivity contribution in [3.8, 4) is 0 Å². The number of ketones is 1. The summed E-state index contributed by atoms with van der Waals surface area (Å²) in [6, 6.07) is 1.26. The third kappa shape index (κ3) is 3.43. The minimum absolute atomic E-state index is 0.00592. The summed E-state index contributed by atoms with van der Waals surface area (Å²) in [5.41, 5.74) is 0.139. The van der Waals surface area contributed by atoms with Crippen molar-refractivity contribution in [1.82, 2.24) is 9.88 Å². The number of aromatic nitrogens is 1. The predicted molar refractivity (Wildman–Crippen MR) is 72.7 cm³/mol. The van der Waals surface area contributed by atoms with E-state index >= 15 is 0 Å². The van der Waals surface area contributed by atoms with Crippen molar-refractivity contribution in [1.29, 1.82) is 0 Å². The summed E-state index contributed by atoms with van der Waals surface area (Å²) in [5, 5.41) is 20.0. The molecule has 7 heteroatoms. The van der Waals surface area contributed by atoms with E-state index in [1.54, 1.807) is 0 Å². The molecule has 2 N–H and O–H groups in total. The highest BCUT2D eigenvalue weighted by atomic mass is 16.6. The summed E-state index contributed by atoms with van der Waals surface area (Å²) in [5.74, 6) is -0.182. The Balaban J connectivity index is 2.02. The molecule has 2 rings (SSSR count). The Morgan fingerprint density at radius 2 is 2.30 bits per heavy atom. The van der Waals surface area contributed by atoms with Gasteiger partial charge in [0.1, 0.15) is 0 Å². The van der Waals surface area contributed by atoms with Crippen LogP contribution in [-0.2, 0) is 0 Å². The second-order valence-electron chi connectivity index (χ2n) is 5.11. The Morgan fingerprint density at radius 1 is 1.50 bits per heavy atom. The summed E-state index contributed by atoms with van der Waals surface area (Å²) in [4.78, 5) is 26.8. The molecule has 0 spiro atoms. The SMILES string of the molecule is O=C(CN1CCCCCC1CO)c1cc([N+](=O)[O-])c[nH]1. The fourth-order valence-electron chi connectivity index (χ4n) is 2.57. The van der Waals surface area contributed by atoms with Crippen molar-refractivity contribution in [3.63, 3.8) is 0 Å². The first-order valence-electron chi connectivity index (χ1n) is 6.82. The van der Waals surface area contributed by atoms with Crippen LogP contribution in [0.1, 0.15) is 36.2 Å². The fourth-order valence-corrected chi connectivity index (χ4v) is 2.57. The molecule has 0 saturated carbocycles. The predicted octanol–water partition coefficient (Wildman–Crippen LogP) is 1.34. The maximum Gasteiger partial charge on any atom is 0.287 e. The lowest BCUT2D eigenvalue weighted by Gasteiger charge is -2.27. The molecular weight excluding hydrogens is 262 g/mol.